The van der Waals surface area contributed by atoms with Gasteiger partial charge in [0.25, 0.3) is 5.69 Å². The molecule has 2 aromatic rings. The summed E-state index contributed by atoms with van der Waals surface area (Å²) in [6.07, 6.45) is 0. The number of rotatable bonds is 4. The fraction of sp³-hybridized carbons (Fsp3) is 0. The molecule has 0 atom stereocenters. The Kier molecular flexibility index (Phi) is 4.59. The Morgan fingerprint density at radius 3 is 2.67 bits per heavy atom. The molecule has 0 aromatic heterocycles. The fourth-order valence-electron chi connectivity index (χ4n) is 1.56. The Hall–Kier alpha value is -1.93. The third kappa shape index (κ3) is 3.59. The standard InChI is InChI=1S/C13H7BrFNO4S/c14-9-5-11(16(19)20)12(6-10(9)15)21-8-3-1-2-7(4-8)13(17)18/h1-6H,(H,17,18). The molecule has 0 heterocycles. The molecule has 0 unspecified atom stereocenters. The zero-order valence-electron chi connectivity index (χ0n) is 10.2. The zero-order chi connectivity index (χ0) is 15.6. The second-order valence-electron chi connectivity index (χ2n) is 3.93. The molecule has 5 nitrogen and oxygen atoms in total. The summed E-state index contributed by atoms with van der Waals surface area (Å²) in [5.74, 6) is -1.73. The maximum atomic E-state index is 13.6. The molecular weight excluding hydrogens is 365 g/mol. The highest BCUT2D eigenvalue weighted by Gasteiger charge is 2.19. The molecule has 0 radical (unpaired) electrons. The number of carboxylic acid groups (broad SMARTS) is 1. The second kappa shape index (κ2) is 6.23. The lowest BCUT2D eigenvalue weighted by Crippen LogP contribution is -1.96. The van der Waals surface area contributed by atoms with E-state index in [-0.39, 0.29) is 20.6 Å². The number of nitro groups is 1. The zero-order valence-corrected chi connectivity index (χ0v) is 12.6. The molecule has 0 spiro atoms. The average molecular weight is 372 g/mol. The molecular formula is C13H7BrFNO4S. The van der Waals surface area contributed by atoms with Crippen LogP contribution in [0.3, 0.4) is 0 Å². The minimum Gasteiger partial charge on any atom is -0.478 e. The van der Waals surface area contributed by atoms with Crippen LogP contribution in [0.5, 0.6) is 0 Å². The van der Waals surface area contributed by atoms with Gasteiger partial charge in [0.2, 0.25) is 0 Å². The lowest BCUT2D eigenvalue weighted by atomic mass is 10.2. The molecule has 0 saturated carbocycles. The highest BCUT2D eigenvalue weighted by Crippen LogP contribution is 2.37. The van der Waals surface area contributed by atoms with Crippen LogP contribution in [0.2, 0.25) is 0 Å². The summed E-state index contributed by atoms with van der Waals surface area (Å²) in [7, 11) is 0. The van der Waals surface area contributed by atoms with E-state index in [1.54, 1.807) is 6.07 Å². The van der Waals surface area contributed by atoms with Crippen LogP contribution >= 0.6 is 27.7 Å². The van der Waals surface area contributed by atoms with Crippen molar-refractivity contribution < 1.29 is 19.2 Å². The van der Waals surface area contributed by atoms with Gasteiger partial charge in [0.05, 0.1) is 19.9 Å². The van der Waals surface area contributed by atoms with E-state index in [0.29, 0.717) is 4.90 Å². The van der Waals surface area contributed by atoms with Crippen molar-refractivity contribution >= 4 is 39.3 Å². The van der Waals surface area contributed by atoms with E-state index in [2.05, 4.69) is 15.9 Å². The number of halogens is 2. The van der Waals surface area contributed by atoms with Crippen molar-refractivity contribution in [3.05, 3.63) is 62.4 Å². The Balaban J connectivity index is 2.43. The Morgan fingerprint density at radius 1 is 1.33 bits per heavy atom. The Labute approximate surface area is 131 Å². The minimum absolute atomic E-state index is 0.00200. The first kappa shape index (κ1) is 15.5. The molecule has 0 fully saturated rings. The number of carbonyl (C=O) groups is 1. The van der Waals surface area contributed by atoms with Crippen molar-refractivity contribution in [1.82, 2.24) is 0 Å². The lowest BCUT2D eigenvalue weighted by molar-refractivity contribution is -0.387. The number of nitrogens with zero attached hydrogens (tertiary/aromatic N) is 1. The predicted octanol–water partition coefficient (Wildman–Crippen LogP) is 4.35. The molecule has 8 heteroatoms. The van der Waals surface area contributed by atoms with Gasteiger partial charge in [-0.15, -0.1) is 0 Å². The van der Waals surface area contributed by atoms with E-state index in [0.717, 1.165) is 23.9 Å². The van der Waals surface area contributed by atoms with Crippen molar-refractivity contribution in [3.8, 4) is 0 Å². The van der Waals surface area contributed by atoms with Crippen molar-refractivity contribution in [2.45, 2.75) is 9.79 Å². The number of carboxylic acids is 1. The molecule has 21 heavy (non-hydrogen) atoms. The van der Waals surface area contributed by atoms with Crippen LogP contribution in [0.25, 0.3) is 0 Å². The van der Waals surface area contributed by atoms with Gasteiger partial charge in [0.15, 0.2) is 0 Å². The van der Waals surface area contributed by atoms with Crippen LogP contribution in [0.1, 0.15) is 10.4 Å². The highest BCUT2D eigenvalue weighted by molar-refractivity contribution is 9.10. The predicted molar refractivity (Wildman–Crippen MR) is 78.3 cm³/mol. The molecule has 0 aliphatic heterocycles. The van der Waals surface area contributed by atoms with Crippen LogP contribution in [-0.4, -0.2) is 16.0 Å². The molecule has 0 saturated heterocycles. The first-order valence-corrected chi connectivity index (χ1v) is 7.14. The van der Waals surface area contributed by atoms with Crippen LogP contribution in [0.4, 0.5) is 10.1 Å². The maximum absolute atomic E-state index is 13.6. The molecule has 0 amide bonds. The molecule has 0 aliphatic rings. The topological polar surface area (TPSA) is 80.4 Å². The largest absolute Gasteiger partial charge is 0.478 e. The molecule has 2 aromatic carbocycles. The molecule has 0 bridgehead atoms. The molecule has 2 rings (SSSR count). The van der Waals surface area contributed by atoms with E-state index < -0.39 is 16.7 Å². The van der Waals surface area contributed by atoms with Gasteiger partial charge < -0.3 is 5.11 Å². The van der Waals surface area contributed by atoms with Crippen LogP contribution in [0.15, 0.2) is 50.7 Å². The highest BCUT2D eigenvalue weighted by atomic mass is 79.9. The first-order chi connectivity index (χ1) is 9.88. The van der Waals surface area contributed by atoms with Crippen LogP contribution in [0, 0.1) is 15.9 Å². The van der Waals surface area contributed by atoms with E-state index in [4.69, 9.17) is 5.11 Å². The number of hydrogen-bond acceptors (Lipinski definition) is 4. The second-order valence-corrected chi connectivity index (χ2v) is 5.90. The summed E-state index contributed by atoms with van der Waals surface area (Å²) in [5, 5.41) is 19.9. The number of hydrogen-bond donors (Lipinski definition) is 1. The summed E-state index contributed by atoms with van der Waals surface area (Å²) in [6.45, 7) is 0. The number of nitro benzene ring substituents is 1. The summed E-state index contributed by atoms with van der Waals surface area (Å²) in [4.78, 5) is 21.9. The van der Waals surface area contributed by atoms with Crippen LogP contribution in [-0.2, 0) is 0 Å². The van der Waals surface area contributed by atoms with E-state index in [1.165, 1.54) is 18.2 Å². The van der Waals surface area contributed by atoms with Crippen molar-refractivity contribution in [2.24, 2.45) is 0 Å². The monoisotopic (exact) mass is 371 g/mol. The summed E-state index contributed by atoms with van der Waals surface area (Å²) in [6, 6.07) is 8.02. The van der Waals surface area contributed by atoms with Gasteiger partial charge in [-0.25, -0.2) is 9.18 Å². The van der Waals surface area contributed by atoms with E-state index in [9.17, 15) is 19.3 Å². The fourth-order valence-corrected chi connectivity index (χ4v) is 2.88. The lowest BCUT2D eigenvalue weighted by Gasteiger charge is -2.05. The smallest absolute Gasteiger partial charge is 0.335 e. The first-order valence-electron chi connectivity index (χ1n) is 5.53. The summed E-state index contributed by atoms with van der Waals surface area (Å²) >= 11 is 3.83. The third-order valence-electron chi connectivity index (χ3n) is 2.51. The number of benzene rings is 2. The van der Waals surface area contributed by atoms with Gasteiger partial charge in [-0.1, -0.05) is 17.8 Å². The summed E-state index contributed by atoms with van der Waals surface area (Å²) < 4.78 is 13.6. The van der Waals surface area contributed by atoms with Crippen molar-refractivity contribution in [1.29, 1.82) is 0 Å². The Bertz CT molecular complexity index is 738. The van der Waals surface area contributed by atoms with Gasteiger partial charge in [-0.2, -0.15) is 0 Å². The minimum atomic E-state index is -1.10. The van der Waals surface area contributed by atoms with Crippen molar-refractivity contribution in [2.75, 3.05) is 0 Å². The van der Waals surface area contributed by atoms with Gasteiger partial charge in [0.1, 0.15) is 5.82 Å². The van der Waals surface area contributed by atoms with Gasteiger partial charge in [-0.05, 0) is 40.2 Å². The van der Waals surface area contributed by atoms with Gasteiger partial charge in [0, 0.05) is 11.0 Å². The van der Waals surface area contributed by atoms with E-state index >= 15 is 0 Å². The molecule has 0 aliphatic carbocycles. The van der Waals surface area contributed by atoms with Crippen molar-refractivity contribution in [3.63, 3.8) is 0 Å². The third-order valence-corrected chi connectivity index (χ3v) is 4.15. The molecule has 1 N–H and O–H groups in total. The van der Waals surface area contributed by atoms with Gasteiger partial charge in [-0.3, -0.25) is 10.1 Å². The summed E-state index contributed by atoms with van der Waals surface area (Å²) in [5.41, 5.74) is -0.200. The normalized spacial score (nSPS) is 10.4. The van der Waals surface area contributed by atoms with E-state index in [1.807, 2.05) is 0 Å². The van der Waals surface area contributed by atoms with Gasteiger partial charge >= 0.3 is 5.97 Å². The SMILES string of the molecule is O=C(O)c1cccc(Sc2cc(F)c(Br)cc2[N+](=O)[O-])c1. The molecule has 108 valence electrons. The Morgan fingerprint density at radius 2 is 2.05 bits per heavy atom. The quantitative estimate of drug-likeness (QED) is 0.638. The maximum Gasteiger partial charge on any atom is 0.335 e. The number of aromatic carboxylic acids is 1. The average Bonchev–Trinajstić information content (AvgIpc) is 2.42. The van der Waals surface area contributed by atoms with Crippen LogP contribution < -0.4 is 0 Å².